The van der Waals surface area contributed by atoms with Gasteiger partial charge in [0.25, 0.3) is 0 Å². The number of carbonyl (C=O) groups is 1. The van der Waals surface area contributed by atoms with Crippen LogP contribution < -0.4 is 0 Å². The lowest BCUT2D eigenvalue weighted by molar-refractivity contribution is -0.136. The molecule has 1 rings (SSSR count). The van der Waals surface area contributed by atoms with Crippen molar-refractivity contribution in [2.24, 2.45) is 0 Å². The molecule has 0 spiro atoms. The zero-order valence-corrected chi connectivity index (χ0v) is 9.88. The maximum atomic E-state index is 10.8. The molecule has 0 bridgehead atoms. The third-order valence-corrected chi connectivity index (χ3v) is 3.53. The third kappa shape index (κ3) is 4.10. The monoisotopic (exact) mass is 245 g/mol. The number of halogens is 1. The van der Waals surface area contributed by atoms with Crippen LogP contribution in [0.25, 0.3) is 0 Å². The van der Waals surface area contributed by atoms with E-state index in [0.29, 0.717) is 17.3 Å². The van der Waals surface area contributed by atoms with Gasteiger partial charge in [0, 0.05) is 11.9 Å². The van der Waals surface area contributed by atoms with Crippen molar-refractivity contribution in [3.05, 3.63) is 29.0 Å². The first kappa shape index (κ1) is 12.3. The second kappa shape index (κ2) is 5.98. The van der Waals surface area contributed by atoms with Crippen LogP contribution in [0.5, 0.6) is 0 Å². The van der Waals surface area contributed by atoms with Crippen molar-refractivity contribution >= 4 is 29.3 Å². The van der Waals surface area contributed by atoms with E-state index >= 15 is 0 Å². The SMILES string of the molecule is CCC(SCc1ccnc(Cl)c1)C(=O)O. The van der Waals surface area contributed by atoms with E-state index in [1.54, 1.807) is 12.3 Å². The summed E-state index contributed by atoms with van der Waals surface area (Å²) in [6.07, 6.45) is 2.25. The number of aromatic nitrogens is 1. The maximum absolute atomic E-state index is 10.8. The molecule has 0 aliphatic heterocycles. The zero-order chi connectivity index (χ0) is 11.3. The fourth-order valence-corrected chi connectivity index (χ4v) is 2.24. The highest BCUT2D eigenvalue weighted by molar-refractivity contribution is 7.99. The highest BCUT2D eigenvalue weighted by atomic mass is 35.5. The minimum absolute atomic E-state index is 0.350. The van der Waals surface area contributed by atoms with Gasteiger partial charge in [0.2, 0.25) is 0 Å². The van der Waals surface area contributed by atoms with Crippen LogP contribution in [0.2, 0.25) is 5.15 Å². The number of pyridine rings is 1. The van der Waals surface area contributed by atoms with Crippen molar-refractivity contribution in [2.75, 3.05) is 0 Å². The number of nitrogens with zero attached hydrogens (tertiary/aromatic N) is 1. The first-order valence-corrected chi connectivity index (χ1v) is 6.01. The van der Waals surface area contributed by atoms with Crippen LogP contribution in [0.1, 0.15) is 18.9 Å². The molecule has 1 aromatic heterocycles. The van der Waals surface area contributed by atoms with Gasteiger partial charge in [-0.3, -0.25) is 4.79 Å². The lowest BCUT2D eigenvalue weighted by Crippen LogP contribution is -2.15. The fourth-order valence-electron chi connectivity index (χ4n) is 1.09. The van der Waals surface area contributed by atoms with E-state index in [9.17, 15) is 4.79 Å². The second-order valence-corrected chi connectivity index (χ2v) is 4.61. The summed E-state index contributed by atoms with van der Waals surface area (Å²) < 4.78 is 0. The van der Waals surface area contributed by atoms with Gasteiger partial charge in [0.15, 0.2) is 0 Å². The zero-order valence-electron chi connectivity index (χ0n) is 8.31. The molecule has 82 valence electrons. The van der Waals surface area contributed by atoms with Gasteiger partial charge < -0.3 is 5.11 Å². The van der Waals surface area contributed by atoms with E-state index in [2.05, 4.69) is 4.98 Å². The Labute approximate surface area is 97.9 Å². The molecule has 1 aromatic rings. The Kier molecular flexibility index (Phi) is 4.91. The predicted molar refractivity (Wildman–Crippen MR) is 62.3 cm³/mol. The van der Waals surface area contributed by atoms with Gasteiger partial charge in [0.1, 0.15) is 10.4 Å². The van der Waals surface area contributed by atoms with Crippen molar-refractivity contribution < 1.29 is 9.90 Å². The molecule has 1 unspecified atom stereocenters. The Morgan fingerprint density at radius 2 is 2.47 bits per heavy atom. The molecule has 0 fully saturated rings. The summed E-state index contributed by atoms with van der Waals surface area (Å²) in [4.78, 5) is 14.6. The number of aliphatic carboxylic acids is 1. The smallest absolute Gasteiger partial charge is 0.316 e. The summed E-state index contributed by atoms with van der Waals surface area (Å²) >= 11 is 7.13. The van der Waals surface area contributed by atoms with Crippen LogP contribution in [-0.2, 0) is 10.5 Å². The summed E-state index contributed by atoms with van der Waals surface area (Å²) in [7, 11) is 0. The van der Waals surface area contributed by atoms with Crippen molar-refractivity contribution in [3.63, 3.8) is 0 Å². The van der Waals surface area contributed by atoms with Crippen LogP contribution in [0, 0.1) is 0 Å². The van der Waals surface area contributed by atoms with Crippen molar-refractivity contribution in [2.45, 2.75) is 24.3 Å². The highest BCUT2D eigenvalue weighted by Crippen LogP contribution is 2.21. The van der Waals surface area contributed by atoms with Gasteiger partial charge in [-0.1, -0.05) is 18.5 Å². The number of rotatable bonds is 5. The quantitative estimate of drug-likeness (QED) is 0.811. The van der Waals surface area contributed by atoms with E-state index in [4.69, 9.17) is 16.7 Å². The number of hydrogen-bond donors (Lipinski definition) is 1. The van der Waals surface area contributed by atoms with Gasteiger partial charge in [-0.25, -0.2) is 4.98 Å². The molecule has 0 aliphatic carbocycles. The molecule has 5 heteroatoms. The number of carboxylic acids is 1. The molecule has 15 heavy (non-hydrogen) atoms. The van der Waals surface area contributed by atoms with Gasteiger partial charge >= 0.3 is 5.97 Å². The Balaban J connectivity index is 2.52. The lowest BCUT2D eigenvalue weighted by Gasteiger charge is -2.08. The summed E-state index contributed by atoms with van der Waals surface area (Å²) in [6, 6.07) is 3.59. The van der Waals surface area contributed by atoms with E-state index in [1.165, 1.54) is 11.8 Å². The van der Waals surface area contributed by atoms with Crippen molar-refractivity contribution in [1.29, 1.82) is 0 Å². The average Bonchev–Trinajstić information content (AvgIpc) is 2.18. The normalized spacial score (nSPS) is 12.4. The summed E-state index contributed by atoms with van der Waals surface area (Å²) in [6.45, 7) is 1.87. The number of thioether (sulfide) groups is 1. The minimum Gasteiger partial charge on any atom is -0.480 e. The van der Waals surface area contributed by atoms with E-state index in [0.717, 1.165) is 5.56 Å². The van der Waals surface area contributed by atoms with Gasteiger partial charge in [-0.2, -0.15) is 0 Å². The minimum atomic E-state index is -0.761. The molecule has 0 aromatic carbocycles. The van der Waals surface area contributed by atoms with Crippen molar-refractivity contribution in [1.82, 2.24) is 4.98 Å². The van der Waals surface area contributed by atoms with Crippen LogP contribution in [0.3, 0.4) is 0 Å². The Hall–Kier alpha value is -0.740. The second-order valence-electron chi connectivity index (χ2n) is 3.03. The standard InChI is InChI=1S/C10H12ClNO2S/c1-2-8(10(13)14)15-6-7-3-4-12-9(11)5-7/h3-5,8H,2,6H2,1H3,(H,13,14). The number of hydrogen-bond acceptors (Lipinski definition) is 3. The first-order chi connectivity index (χ1) is 7.13. The molecule has 3 nitrogen and oxygen atoms in total. The predicted octanol–water partition coefficient (Wildman–Crippen LogP) is 2.83. The topological polar surface area (TPSA) is 50.2 Å². The fraction of sp³-hybridized carbons (Fsp3) is 0.400. The summed E-state index contributed by atoms with van der Waals surface area (Å²) in [5.41, 5.74) is 1.000. The maximum Gasteiger partial charge on any atom is 0.316 e. The Morgan fingerprint density at radius 3 is 3.00 bits per heavy atom. The van der Waals surface area contributed by atoms with Crippen LogP contribution >= 0.6 is 23.4 Å². The lowest BCUT2D eigenvalue weighted by atomic mass is 10.3. The molecule has 1 heterocycles. The van der Waals surface area contributed by atoms with E-state index in [-0.39, 0.29) is 5.25 Å². The largest absolute Gasteiger partial charge is 0.480 e. The molecular formula is C10H12ClNO2S. The van der Waals surface area contributed by atoms with Crippen LogP contribution in [-0.4, -0.2) is 21.3 Å². The Morgan fingerprint density at radius 1 is 1.73 bits per heavy atom. The van der Waals surface area contributed by atoms with E-state index < -0.39 is 5.97 Å². The summed E-state index contributed by atoms with van der Waals surface area (Å²) in [5.74, 6) is -0.116. The molecular weight excluding hydrogens is 234 g/mol. The number of carboxylic acid groups (broad SMARTS) is 1. The molecule has 0 amide bonds. The molecule has 0 saturated heterocycles. The third-order valence-electron chi connectivity index (χ3n) is 1.89. The van der Waals surface area contributed by atoms with Gasteiger partial charge in [-0.05, 0) is 24.1 Å². The molecule has 0 radical (unpaired) electrons. The first-order valence-electron chi connectivity index (χ1n) is 4.58. The van der Waals surface area contributed by atoms with Crippen LogP contribution in [0.4, 0.5) is 0 Å². The molecule has 1 atom stereocenters. The van der Waals surface area contributed by atoms with Gasteiger partial charge in [-0.15, -0.1) is 11.8 Å². The Bertz CT molecular complexity index is 346. The molecule has 0 aliphatic rings. The average molecular weight is 246 g/mol. The highest BCUT2D eigenvalue weighted by Gasteiger charge is 2.15. The van der Waals surface area contributed by atoms with E-state index in [1.807, 2.05) is 13.0 Å². The van der Waals surface area contributed by atoms with Crippen LogP contribution in [0.15, 0.2) is 18.3 Å². The van der Waals surface area contributed by atoms with Crippen molar-refractivity contribution in [3.8, 4) is 0 Å². The molecule has 0 saturated carbocycles. The molecule has 1 N–H and O–H groups in total. The summed E-state index contributed by atoms with van der Waals surface area (Å²) in [5, 5.41) is 8.94. The van der Waals surface area contributed by atoms with Gasteiger partial charge in [0.05, 0.1) is 0 Å².